The Hall–Kier alpha value is -2.77. The third-order valence-corrected chi connectivity index (χ3v) is 4.33. The zero-order valence-corrected chi connectivity index (χ0v) is 18.8. The molecule has 0 saturated carbocycles. The van der Waals surface area contributed by atoms with Gasteiger partial charge in [-0.15, -0.1) is 0 Å². The molecule has 1 aromatic carbocycles. The van der Waals surface area contributed by atoms with E-state index < -0.39 is 29.7 Å². The van der Waals surface area contributed by atoms with Crippen molar-refractivity contribution in [2.24, 2.45) is 0 Å². The van der Waals surface area contributed by atoms with E-state index in [4.69, 9.17) is 4.74 Å². The lowest BCUT2D eigenvalue weighted by Gasteiger charge is -2.32. The van der Waals surface area contributed by atoms with E-state index in [0.29, 0.717) is 12.1 Å². The van der Waals surface area contributed by atoms with Crippen LogP contribution in [0, 0.1) is 0 Å². The lowest BCUT2D eigenvalue weighted by Crippen LogP contribution is -2.51. The van der Waals surface area contributed by atoms with Gasteiger partial charge in [0.05, 0.1) is 0 Å². The molecule has 30 heavy (non-hydrogen) atoms. The van der Waals surface area contributed by atoms with Gasteiger partial charge in [0, 0.05) is 13.1 Å². The molecule has 1 rings (SSSR count). The lowest BCUT2D eigenvalue weighted by atomic mass is 10.0. The normalized spacial score (nSPS) is 13.1. The highest BCUT2D eigenvalue weighted by Crippen LogP contribution is 2.24. The van der Waals surface area contributed by atoms with Gasteiger partial charge in [0.1, 0.15) is 23.4 Å². The van der Waals surface area contributed by atoms with Crippen molar-refractivity contribution in [1.82, 2.24) is 15.5 Å². The predicted molar refractivity (Wildman–Crippen MR) is 115 cm³/mol. The molecule has 0 aliphatic heterocycles. The Balaban J connectivity index is 3.08. The first-order valence-electron chi connectivity index (χ1n) is 10.4. The van der Waals surface area contributed by atoms with E-state index in [1.165, 1.54) is 17.0 Å². The second-order valence-corrected chi connectivity index (χ2v) is 8.13. The van der Waals surface area contributed by atoms with Crippen molar-refractivity contribution in [2.45, 2.75) is 72.1 Å². The van der Waals surface area contributed by atoms with E-state index in [1.807, 2.05) is 6.92 Å². The number of unbranched alkanes of at least 4 members (excludes halogenated alkanes) is 1. The SMILES string of the molecule is CCCCNC(=O)C(c1ccc(O)cc1)N(CC)C(=O)C(C)NC(=O)OC(C)(C)C. The highest BCUT2D eigenvalue weighted by Gasteiger charge is 2.33. The smallest absolute Gasteiger partial charge is 0.408 e. The van der Waals surface area contributed by atoms with Gasteiger partial charge in [-0.2, -0.15) is 0 Å². The number of hydrogen-bond donors (Lipinski definition) is 3. The zero-order valence-electron chi connectivity index (χ0n) is 18.8. The molecule has 0 saturated heterocycles. The van der Waals surface area contributed by atoms with Gasteiger partial charge in [-0.25, -0.2) is 4.79 Å². The largest absolute Gasteiger partial charge is 0.508 e. The van der Waals surface area contributed by atoms with Crippen LogP contribution in [0.25, 0.3) is 0 Å². The Morgan fingerprint density at radius 1 is 1.13 bits per heavy atom. The molecule has 3 amide bonds. The Bertz CT molecular complexity index is 712. The maximum absolute atomic E-state index is 13.1. The fraction of sp³-hybridized carbons (Fsp3) is 0.591. The molecule has 0 aliphatic carbocycles. The number of rotatable bonds is 9. The molecule has 0 fully saturated rings. The van der Waals surface area contributed by atoms with Gasteiger partial charge in [-0.3, -0.25) is 9.59 Å². The number of amides is 3. The van der Waals surface area contributed by atoms with Crippen molar-refractivity contribution in [1.29, 1.82) is 0 Å². The summed E-state index contributed by atoms with van der Waals surface area (Å²) in [4.78, 5) is 39.6. The third kappa shape index (κ3) is 7.93. The van der Waals surface area contributed by atoms with Crippen molar-refractivity contribution < 1.29 is 24.2 Å². The minimum atomic E-state index is -0.886. The van der Waals surface area contributed by atoms with Gasteiger partial charge >= 0.3 is 6.09 Å². The molecule has 8 nitrogen and oxygen atoms in total. The highest BCUT2D eigenvalue weighted by atomic mass is 16.6. The van der Waals surface area contributed by atoms with Crippen LogP contribution < -0.4 is 10.6 Å². The maximum Gasteiger partial charge on any atom is 0.408 e. The molecule has 8 heteroatoms. The van der Waals surface area contributed by atoms with E-state index in [-0.39, 0.29) is 18.2 Å². The van der Waals surface area contributed by atoms with Gasteiger partial charge in [-0.1, -0.05) is 25.5 Å². The summed E-state index contributed by atoms with van der Waals surface area (Å²) < 4.78 is 5.22. The molecule has 0 bridgehead atoms. The van der Waals surface area contributed by atoms with Crippen LogP contribution in [0.15, 0.2) is 24.3 Å². The monoisotopic (exact) mass is 421 g/mol. The number of carbonyl (C=O) groups is 3. The van der Waals surface area contributed by atoms with Crippen LogP contribution in [-0.4, -0.2) is 52.6 Å². The maximum atomic E-state index is 13.1. The summed E-state index contributed by atoms with van der Waals surface area (Å²) in [5.41, 5.74) is -0.119. The second kappa shape index (κ2) is 11.4. The molecule has 0 aliphatic rings. The first-order chi connectivity index (χ1) is 14.0. The minimum Gasteiger partial charge on any atom is -0.508 e. The average Bonchev–Trinajstić information content (AvgIpc) is 2.65. The van der Waals surface area contributed by atoms with Gasteiger partial charge in [-0.05, 0) is 58.7 Å². The van der Waals surface area contributed by atoms with Crippen LogP contribution in [0.1, 0.15) is 66.0 Å². The third-order valence-electron chi connectivity index (χ3n) is 4.33. The molecule has 2 atom stereocenters. The quantitative estimate of drug-likeness (QED) is 0.531. The van der Waals surface area contributed by atoms with Gasteiger partial charge < -0.3 is 25.4 Å². The van der Waals surface area contributed by atoms with E-state index in [9.17, 15) is 19.5 Å². The van der Waals surface area contributed by atoms with Gasteiger partial charge in [0.15, 0.2) is 0 Å². The predicted octanol–water partition coefficient (Wildman–Crippen LogP) is 3.11. The van der Waals surface area contributed by atoms with Crippen LogP contribution in [0.3, 0.4) is 0 Å². The van der Waals surface area contributed by atoms with Gasteiger partial charge in [0.2, 0.25) is 11.8 Å². The van der Waals surface area contributed by atoms with E-state index in [2.05, 4.69) is 10.6 Å². The standard InChI is InChI=1S/C22H35N3O5/c1-7-9-14-23-19(27)18(16-10-12-17(26)13-11-16)25(8-2)20(28)15(3)24-21(29)30-22(4,5)6/h10-13,15,18,26H,7-9,14H2,1-6H3,(H,23,27)(H,24,29). The highest BCUT2D eigenvalue weighted by molar-refractivity contribution is 5.91. The molecule has 2 unspecified atom stereocenters. The number of ether oxygens (including phenoxy) is 1. The Morgan fingerprint density at radius 2 is 1.73 bits per heavy atom. The van der Waals surface area contributed by atoms with E-state index in [0.717, 1.165) is 12.8 Å². The first-order valence-corrected chi connectivity index (χ1v) is 10.4. The van der Waals surface area contributed by atoms with Crippen LogP contribution in [-0.2, 0) is 14.3 Å². The lowest BCUT2D eigenvalue weighted by molar-refractivity contribution is -0.141. The molecule has 0 radical (unpaired) electrons. The van der Waals surface area contributed by atoms with Crippen molar-refractivity contribution in [3.05, 3.63) is 29.8 Å². The van der Waals surface area contributed by atoms with Crippen LogP contribution in [0.5, 0.6) is 5.75 Å². The number of aromatic hydroxyl groups is 1. The summed E-state index contributed by atoms with van der Waals surface area (Å²) in [5, 5.41) is 15.0. The molecule has 1 aromatic rings. The van der Waals surface area contributed by atoms with Gasteiger partial charge in [0.25, 0.3) is 0 Å². The number of phenolic OH excluding ortho intramolecular Hbond substituents is 1. The van der Waals surface area contributed by atoms with Crippen LogP contribution in [0.2, 0.25) is 0 Å². The number of likely N-dealkylation sites (N-methyl/N-ethyl adjacent to an activating group) is 1. The van der Waals surface area contributed by atoms with E-state index in [1.54, 1.807) is 46.8 Å². The number of phenols is 1. The molecular formula is C22H35N3O5. The van der Waals surface area contributed by atoms with Crippen molar-refractivity contribution in [3.63, 3.8) is 0 Å². The second-order valence-electron chi connectivity index (χ2n) is 8.13. The molecule has 3 N–H and O–H groups in total. The number of nitrogens with one attached hydrogen (secondary N) is 2. The molecule has 168 valence electrons. The topological polar surface area (TPSA) is 108 Å². The first kappa shape index (κ1) is 25.3. The van der Waals surface area contributed by atoms with E-state index >= 15 is 0 Å². The molecule has 0 aromatic heterocycles. The summed E-state index contributed by atoms with van der Waals surface area (Å²) in [6, 6.07) is 4.40. The minimum absolute atomic E-state index is 0.0678. The number of nitrogens with zero attached hydrogens (tertiary/aromatic N) is 1. The summed E-state index contributed by atoms with van der Waals surface area (Å²) in [7, 11) is 0. The van der Waals surface area contributed by atoms with Crippen LogP contribution >= 0.6 is 0 Å². The van der Waals surface area contributed by atoms with Crippen LogP contribution in [0.4, 0.5) is 4.79 Å². The summed E-state index contributed by atoms with van der Waals surface area (Å²) in [5.74, 6) is -0.654. The number of alkyl carbamates (subject to hydrolysis) is 1. The number of carbonyl (C=O) groups excluding carboxylic acids is 3. The number of hydrogen-bond acceptors (Lipinski definition) is 5. The summed E-state index contributed by atoms with van der Waals surface area (Å²) in [6.07, 6.45) is 1.05. The molecule has 0 heterocycles. The summed E-state index contributed by atoms with van der Waals surface area (Å²) >= 11 is 0. The average molecular weight is 422 g/mol. The Kier molecular flexibility index (Phi) is 9.62. The fourth-order valence-electron chi connectivity index (χ4n) is 2.87. The fourth-order valence-corrected chi connectivity index (χ4v) is 2.87. The molecular weight excluding hydrogens is 386 g/mol. The van der Waals surface area contributed by atoms with Crippen molar-refractivity contribution in [3.8, 4) is 5.75 Å². The Labute approximate surface area is 179 Å². The van der Waals surface area contributed by atoms with Crippen molar-refractivity contribution in [2.75, 3.05) is 13.1 Å². The zero-order chi connectivity index (χ0) is 22.9. The summed E-state index contributed by atoms with van der Waals surface area (Å²) in [6.45, 7) is 11.3. The molecule has 0 spiro atoms. The van der Waals surface area contributed by atoms with Crippen molar-refractivity contribution >= 4 is 17.9 Å². The number of benzene rings is 1. The Morgan fingerprint density at radius 3 is 2.23 bits per heavy atom.